The molecule has 0 fully saturated rings. The molecule has 0 radical (unpaired) electrons. The number of hydrogen-bond donors (Lipinski definition) is 2. The topological polar surface area (TPSA) is 74.8 Å². The number of fused-ring (bicyclic) bond motifs is 1. The zero-order valence-corrected chi connectivity index (χ0v) is 15.4. The Bertz CT molecular complexity index is 832. The van der Waals surface area contributed by atoms with E-state index in [0.29, 0.717) is 11.6 Å². The Morgan fingerprint density at radius 1 is 1.36 bits per heavy atom. The first-order chi connectivity index (χ1) is 12.1. The van der Waals surface area contributed by atoms with Gasteiger partial charge in [0.2, 0.25) is 5.91 Å². The molecule has 132 valence electrons. The van der Waals surface area contributed by atoms with E-state index in [9.17, 15) is 9.59 Å². The molecule has 1 unspecified atom stereocenters. The van der Waals surface area contributed by atoms with E-state index in [1.54, 1.807) is 0 Å². The van der Waals surface area contributed by atoms with Crippen LogP contribution in [0.25, 0.3) is 0 Å². The number of H-pyrrole nitrogens is 1. The largest absolute Gasteiger partial charge is 0.325 e. The van der Waals surface area contributed by atoms with Crippen molar-refractivity contribution in [2.75, 3.05) is 5.32 Å². The van der Waals surface area contributed by atoms with Gasteiger partial charge in [-0.25, -0.2) is 4.98 Å². The van der Waals surface area contributed by atoms with Gasteiger partial charge in [0.1, 0.15) is 0 Å². The molecule has 3 rings (SSSR count). The number of amides is 1. The lowest BCUT2D eigenvalue weighted by Gasteiger charge is -2.17. The van der Waals surface area contributed by atoms with Crippen molar-refractivity contribution in [2.45, 2.75) is 56.4 Å². The van der Waals surface area contributed by atoms with E-state index >= 15 is 0 Å². The first kappa shape index (κ1) is 17.7. The standard InChI is InChI=1S/C19H23N3O2S/c1-3-16(18(24)20-13-8-6-7-12(2)11-13)25-19-21-15-10-5-4-9-14(15)17(23)22-19/h6-8,11,16H,3-5,9-10H2,1-2H3,(H,20,24)(H,21,22,23). The number of carbonyl (C=O) groups excluding carboxylic acids is 1. The monoisotopic (exact) mass is 357 g/mol. The summed E-state index contributed by atoms with van der Waals surface area (Å²) in [5, 5.41) is 3.19. The van der Waals surface area contributed by atoms with E-state index < -0.39 is 0 Å². The van der Waals surface area contributed by atoms with Crippen LogP contribution in [-0.4, -0.2) is 21.1 Å². The SMILES string of the molecule is CCC(Sc1nc2c(c(=O)[nH]1)CCCC2)C(=O)Nc1cccc(C)c1. The molecular weight excluding hydrogens is 334 g/mol. The first-order valence-electron chi connectivity index (χ1n) is 8.73. The molecule has 1 aliphatic carbocycles. The third-order valence-corrected chi connectivity index (χ3v) is 5.62. The van der Waals surface area contributed by atoms with Crippen LogP contribution in [0.4, 0.5) is 5.69 Å². The zero-order valence-electron chi connectivity index (χ0n) is 14.6. The summed E-state index contributed by atoms with van der Waals surface area (Å²) in [6.07, 6.45) is 4.41. The molecule has 1 aliphatic rings. The number of hydrogen-bond acceptors (Lipinski definition) is 4. The molecule has 0 bridgehead atoms. The Kier molecular flexibility index (Phi) is 5.58. The number of benzene rings is 1. The smallest absolute Gasteiger partial charge is 0.254 e. The molecule has 1 aromatic heterocycles. The van der Waals surface area contributed by atoms with Gasteiger partial charge in [0.25, 0.3) is 5.56 Å². The van der Waals surface area contributed by atoms with Crippen LogP contribution < -0.4 is 10.9 Å². The number of carbonyl (C=O) groups is 1. The second-order valence-corrected chi connectivity index (χ2v) is 7.57. The zero-order chi connectivity index (χ0) is 17.8. The van der Waals surface area contributed by atoms with E-state index in [0.717, 1.165) is 48.2 Å². The van der Waals surface area contributed by atoms with Crippen LogP contribution in [0.2, 0.25) is 0 Å². The maximum Gasteiger partial charge on any atom is 0.254 e. The second-order valence-electron chi connectivity index (χ2n) is 6.38. The summed E-state index contributed by atoms with van der Waals surface area (Å²) in [5.41, 5.74) is 3.54. The Morgan fingerprint density at radius 2 is 2.16 bits per heavy atom. The normalized spacial score (nSPS) is 14.6. The summed E-state index contributed by atoms with van der Waals surface area (Å²) in [7, 11) is 0. The molecule has 1 aromatic carbocycles. The summed E-state index contributed by atoms with van der Waals surface area (Å²) >= 11 is 1.33. The van der Waals surface area contributed by atoms with Crippen molar-refractivity contribution in [1.82, 2.24) is 9.97 Å². The van der Waals surface area contributed by atoms with E-state index in [-0.39, 0.29) is 16.7 Å². The van der Waals surface area contributed by atoms with Gasteiger partial charge < -0.3 is 10.3 Å². The number of rotatable bonds is 5. The summed E-state index contributed by atoms with van der Waals surface area (Å²) in [4.78, 5) is 32.3. The highest BCUT2D eigenvalue weighted by Gasteiger charge is 2.22. The Hall–Kier alpha value is -2.08. The number of thioether (sulfide) groups is 1. The lowest BCUT2D eigenvalue weighted by Crippen LogP contribution is -2.26. The molecule has 1 heterocycles. The maximum atomic E-state index is 12.6. The fourth-order valence-corrected chi connectivity index (χ4v) is 3.96. The van der Waals surface area contributed by atoms with Crippen molar-refractivity contribution in [3.63, 3.8) is 0 Å². The molecule has 2 N–H and O–H groups in total. The summed E-state index contributed by atoms with van der Waals surface area (Å²) in [6, 6.07) is 7.72. The van der Waals surface area contributed by atoms with Gasteiger partial charge in [-0.2, -0.15) is 0 Å². The lowest BCUT2D eigenvalue weighted by molar-refractivity contribution is -0.115. The van der Waals surface area contributed by atoms with Gasteiger partial charge in [-0.15, -0.1) is 0 Å². The minimum absolute atomic E-state index is 0.0545. The number of nitrogens with zero attached hydrogens (tertiary/aromatic N) is 1. The highest BCUT2D eigenvalue weighted by molar-refractivity contribution is 8.00. The molecular formula is C19H23N3O2S. The van der Waals surface area contributed by atoms with Crippen LogP contribution in [0.15, 0.2) is 34.2 Å². The molecule has 25 heavy (non-hydrogen) atoms. The number of anilines is 1. The minimum atomic E-state index is -0.301. The number of aryl methyl sites for hydroxylation is 2. The number of nitrogens with one attached hydrogen (secondary N) is 2. The third-order valence-electron chi connectivity index (χ3n) is 4.37. The third kappa shape index (κ3) is 4.31. The van der Waals surface area contributed by atoms with Gasteiger partial charge >= 0.3 is 0 Å². The summed E-state index contributed by atoms with van der Waals surface area (Å²) in [5.74, 6) is -0.0709. The van der Waals surface area contributed by atoms with E-state index in [4.69, 9.17) is 0 Å². The van der Waals surface area contributed by atoms with Gasteiger partial charge in [0.15, 0.2) is 5.16 Å². The van der Waals surface area contributed by atoms with Crippen LogP contribution in [0.3, 0.4) is 0 Å². The van der Waals surface area contributed by atoms with Crippen molar-refractivity contribution < 1.29 is 4.79 Å². The van der Waals surface area contributed by atoms with Gasteiger partial charge in [0.05, 0.1) is 10.9 Å². The highest BCUT2D eigenvalue weighted by atomic mass is 32.2. The van der Waals surface area contributed by atoms with Crippen molar-refractivity contribution in [1.29, 1.82) is 0 Å². The Balaban J connectivity index is 1.74. The molecule has 1 amide bonds. The van der Waals surface area contributed by atoms with Gasteiger partial charge in [-0.3, -0.25) is 9.59 Å². The van der Waals surface area contributed by atoms with E-state index in [1.165, 1.54) is 11.8 Å². The van der Waals surface area contributed by atoms with Gasteiger partial charge in [-0.05, 0) is 56.7 Å². The van der Waals surface area contributed by atoms with Crippen molar-refractivity contribution in [2.24, 2.45) is 0 Å². The van der Waals surface area contributed by atoms with Crippen molar-refractivity contribution in [3.05, 3.63) is 51.4 Å². The molecule has 0 spiro atoms. The van der Waals surface area contributed by atoms with Crippen molar-refractivity contribution >= 4 is 23.4 Å². The van der Waals surface area contributed by atoms with E-state index in [2.05, 4.69) is 15.3 Å². The maximum absolute atomic E-state index is 12.6. The first-order valence-corrected chi connectivity index (χ1v) is 9.61. The van der Waals surface area contributed by atoms with Crippen molar-refractivity contribution in [3.8, 4) is 0 Å². The second kappa shape index (κ2) is 7.87. The molecule has 0 saturated carbocycles. The number of aromatic nitrogens is 2. The fourth-order valence-electron chi connectivity index (χ4n) is 3.04. The quantitative estimate of drug-likeness (QED) is 0.635. The average Bonchev–Trinajstić information content (AvgIpc) is 2.59. The molecule has 2 aromatic rings. The summed E-state index contributed by atoms with van der Waals surface area (Å²) in [6.45, 7) is 3.95. The molecule has 0 saturated heterocycles. The van der Waals surface area contributed by atoms with Crippen LogP contribution in [0, 0.1) is 6.92 Å². The molecule has 1 atom stereocenters. The van der Waals surface area contributed by atoms with E-state index in [1.807, 2.05) is 38.1 Å². The fraction of sp³-hybridized carbons (Fsp3) is 0.421. The molecule has 5 nitrogen and oxygen atoms in total. The number of aromatic amines is 1. The van der Waals surface area contributed by atoms with Gasteiger partial charge in [-0.1, -0.05) is 30.8 Å². The molecule has 6 heteroatoms. The average molecular weight is 357 g/mol. The summed E-state index contributed by atoms with van der Waals surface area (Å²) < 4.78 is 0. The minimum Gasteiger partial charge on any atom is -0.325 e. The van der Waals surface area contributed by atoms with Crippen LogP contribution in [-0.2, 0) is 17.6 Å². The molecule has 0 aliphatic heterocycles. The lowest BCUT2D eigenvalue weighted by atomic mass is 9.97. The van der Waals surface area contributed by atoms with Gasteiger partial charge in [0, 0.05) is 11.3 Å². The Labute approximate surface area is 151 Å². The predicted octanol–water partition coefficient (Wildman–Crippen LogP) is 3.47. The highest BCUT2D eigenvalue weighted by Crippen LogP contribution is 2.25. The van der Waals surface area contributed by atoms with Crippen LogP contribution in [0.1, 0.15) is 43.0 Å². The predicted molar refractivity (Wildman–Crippen MR) is 101 cm³/mol. The van der Waals surface area contributed by atoms with Crippen LogP contribution >= 0.6 is 11.8 Å². The van der Waals surface area contributed by atoms with Crippen LogP contribution in [0.5, 0.6) is 0 Å². The Morgan fingerprint density at radius 3 is 2.92 bits per heavy atom.